The molecule has 0 bridgehead atoms. The Kier molecular flexibility index (Phi) is 3.43. The van der Waals surface area contributed by atoms with Gasteiger partial charge in [0.25, 0.3) is 0 Å². The average Bonchev–Trinajstić information content (AvgIpc) is 2.09. The lowest BCUT2D eigenvalue weighted by Crippen LogP contribution is -2.33. The molecule has 84 valence electrons. The number of nitrogens with two attached hydrogens (primary N) is 1. The van der Waals surface area contributed by atoms with Gasteiger partial charge >= 0.3 is 6.18 Å². The molecule has 0 fully saturated rings. The molecule has 7 heteroatoms. The fraction of sp³-hybridized carbons (Fsp3) is 0.375. The Balaban J connectivity index is 2.85. The minimum atomic E-state index is -4.30. The lowest BCUT2D eigenvalue weighted by molar-refractivity contribution is -0.138. The van der Waals surface area contributed by atoms with Crippen molar-refractivity contribution in [1.29, 1.82) is 0 Å². The molecule has 0 saturated carbocycles. The topological polar surface area (TPSA) is 50.9 Å². The Labute approximate surface area is 93.0 Å². The fourth-order valence-corrected chi connectivity index (χ4v) is 1.21. The Morgan fingerprint density at radius 2 is 2.13 bits per heavy atom. The highest BCUT2D eigenvalue weighted by atomic mass is 79.9. The van der Waals surface area contributed by atoms with E-state index in [9.17, 15) is 13.2 Å². The second-order valence-electron chi connectivity index (χ2n) is 3.00. The van der Waals surface area contributed by atoms with Crippen LogP contribution in [0.4, 0.5) is 24.5 Å². The number of aromatic nitrogens is 1. The monoisotopic (exact) mass is 283 g/mol. The second kappa shape index (κ2) is 4.26. The normalized spacial score (nSPS) is 13.7. The molecule has 3 nitrogen and oxygen atoms in total. The maximum atomic E-state index is 12.2. The van der Waals surface area contributed by atoms with E-state index in [0.717, 1.165) is 6.92 Å². The molecule has 15 heavy (non-hydrogen) atoms. The van der Waals surface area contributed by atoms with Crippen molar-refractivity contribution in [2.24, 2.45) is 0 Å². The molecule has 0 radical (unpaired) electrons. The van der Waals surface area contributed by atoms with Gasteiger partial charge in [-0.05, 0) is 28.9 Å². The number of nitrogen functional groups attached to an aromatic ring is 1. The summed E-state index contributed by atoms with van der Waals surface area (Å²) in [4.78, 5) is 3.78. The molecule has 1 aromatic heterocycles. The highest BCUT2D eigenvalue weighted by molar-refractivity contribution is 9.10. The molecule has 1 atom stereocenters. The molecular weight excluding hydrogens is 275 g/mol. The van der Waals surface area contributed by atoms with Crippen molar-refractivity contribution in [2.75, 3.05) is 11.1 Å². The van der Waals surface area contributed by atoms with E-state index in [-0.39, 0.29) is 11.4 Å². The summed E-state index contributed by atoms with van der Waals surface area (Å²) in [6, 6.07) is -0.258. The highest BCUT2D eigenvalue weighted by Gasteiger charge is 2.36. The number of nitrogens with one attached hydrogen (secondary N) is 1. The van der Waals surface area contributed by atoms with Crippen LogP contribution in [-0.2, 0) is 0 Å². The molecule has 1 heterocycles. The third-order valence-corrected chi connectivity index (χ3v) is 2.20. The summed E-state index contributed by atoms with van der Waals surface area (Å²) in [6.45, 7) is 1.02. The first-order valence-electron chi connectivity index (χ1n) is 4.05. The highest BCUT2D eigenvalue weighted by Crippen LogP contribution is 2.27. The number of hydrogen-bond donors (Lipinski definition) is 2. The van der Waals surface area contributed by atoms with Gasteiger partial charge in [0.05, 0.1) is 17.6 Å². The molecule has 0 aliphatic carbocycles. The van der Waals surface area contributed by atoms with E-state index in [1.54, 1.807) is 0 Å². The van der Waals surface area contributed by atoms with Crippen molar-refractivity contribution >= 4 is 27.3 Å². The SMILES string of the molecule is CC(Nc1cc(Br)ncc1N)C(F)(F)F. The van der Waals surface area contributed by atoms with Crippen molar-refractivity contribution in [3.8, 4) is 0 Å². The predicted octanol–water partition coefficient (Wildman–Crippen LogP) is 2.79. The first kappa shape index (κ1) is 12.1. The third kappa shape index (κ3) is 3.26. The summed E-state index contributed by atoms with van der Waals surface area (Å²) < 4.78 is 37.1. The number of alkyl halides is 3. The maximum absolute atomic E-state index is 12.2. The van der Waals surface area contributed by atoms with Gasteiger partial charge in [0.15, 0.2) is 0 Å². The van der Waals surface area contributed by atoms with Crippen molar-refractivity contribution < 1.29 is 13.2 Å². The molecule has 0 aliphatic rings. The van der Waals surface area contributed by atoms with Crippen LogP contribution in [0.2, 0.25) is 0 Å². The van der Waals surface area contributed by atoms with Crippen LogP contribution in [-0.4, -0.2) is 17.2 Å². The minimum Gasteiger partial charge on any atom is -0.396 e. The molecule has 0 aliphatic heterocycles. The average molecular weight is 284 g/mol. The molecule has 3 N–H and O–H groups in total. The molecule has 0 spiro atoms. The quantitative estimate of drug-likeness (QED) is 0.821. The van der Waals surface area contributed by atoms with Crippen LogP contribution >= 0.6 is 15.9 Å². The second-order valence-corrected chi connectivity index (χ2v) is 3.81. The summed E-state index contributed by atoms with van der Waals surface area (Å²) >= 11 is 3.05. The van der Waals surface area contributed by atoms with E-state index in [2.05, 4.69) is 26.2 Å². The standard InChI is InChI=1S/C8H9BrF3N3/c1-4(8(10,11)12)15-6-2-7(9)14-3-5(6)13/h2-4H,13H2,1H3,(H,14,15). The van der Waals surface area contributed by atoms with Gasteiger partial charge in [-0.3, -0.25) is 0 Å². The van der Waals surface area contributed by atoms with Crippen LogP contribution in [0.15, 0.2) is 16.9 Å². The lowest BCUT2D eigenvalue weighted by Gasteiger charge is -2.19. The Morgan fingerprint density at radius 3 is 2.67 bits per heavy atom. The van der Waals surface area contributed by atoms with Gasteiger partial charge in [0.2, 0.25) is 0 Å². The van der Waals surface area contributed by atoms with E-state index < -0.39 is 12.2 Å². The summed E-state index contributed by atoms with van der Waals surface area (Å²) in [5.41, 5.74) is 5.85. The van der Waals surface area contributed by atoms with Gasteiger partial charge in [-0.2, -0.15) is 13.2 Å². The zero-order chi connectivity index (χ0) is 11.6. The van der Waals surface area contributed by atoms with Crippen LogP contribution in [0.3, 0.4) is 0 Å². The molecule has 1 aromatic rings. The smallest absolute Gasteiger partial charge is 0.396 e. The summed E-state index contributed by atoms with van der Waals surface area (Å²) in [7, 11) is 0. The largest absolute Gasteiger partial charge is 0.408 e. The number of hydrogen-bond acceptors (Lipinski definition) is 3. The number of nitrogens with zero attached hydrogens (tertiary/aromatic N) is 1. The first-order chi connectivity index (χ1) is 6.80. The predicted molar refractivity (Wildman–Crippen MR) is 55.5 cm³/mol. The van der Waals surface area contributed by atoms with Gasteiger partial charge in [-0.15, -0.1) is 0 Å². The molecule has 1 rings (SSSR count). The molecule has 0 saturated heterocycles. The van der Waals surface area contributed by atoms with Gasteiger partial charge < -0.3 is 11.1 Å². The fourth-order valence-electron chi connectivity index (χ4n) is 0.881. The Morgan fingerprint density at radius 1 is 1.53 bits per heavy atom. The van der Waals surface area contributed by atoms with E-state index in [1.165, 1.54) is 12.3 Å². The molecule has 0 amide bonds. The Bertz CT molecular complexity index is 353. The van der Waals surface area contributed by atoms with E-state index >= 15 is 0 Å². The zero-order valence-electron chi connectivity index (χ0n) is 7.77. The number of rotatable bonds is 2. The van der Waals surface area contributed by atoms with Crippen LogP contribution in [0.5, 0.6) is 0 Å². The van der Waals surface area contributed by atoms with Crippen LogP contribution in [0, 0.1) is 0 Å². The van der Waals surface area contributed by atoms with Crippen LogP contribution in [0.1, 0.15) is 6.92 Å². The van der Waals surface area contributed by atoms with Crippen molar-refractivity contribution in [3.05, 3.63) is 16.9 Å². The lowest BCUT2D eigenvalue weighted by atomic mass is 10.3. The molecule has 1 unspecified atom stereocenters. The first-order valence-corrected chi connectivity index (χ1v) is 4.84. The third-order valence-electron chi connectivity index (χ3n) is 1.76. The van der Waals surface area contributed by atoms with E-state index in [0.29, 0.717) is 4.60 Å². The molecular formula is C8H9BrF3N3. The number of pyridine rings is 1. The van der Waals surface area contributed by atoms with E-state index in [1.807, 2.05) is 0 Å². The van der Waals surface area contributed by atoms with Gasteiger partial charge in [0.1, 0.15) is 10.6 Å². The zero-order valence-corrected chi connectivity index (χ0v) is 9.35. The van der Waals surface area contributed by atoms with Gasteiger partial charge in [-0.1, -0.05) is 0 Å². The summed E-state index contributed by atoms with van der Waals surface area (Å²) in [5.74, 6) is 0. The molecule has 0 aromatic carbocycles. The maximum Gasteiger partial charge on any atom is 0.408 e. The van der Waals surface area contributed by atoms with Gasteiger partial charge in [0, 0.05) is 0 Å². The van der Waals surface area contributed by atoms with Gasteiger partial charge in [-0.25, -0.2) is 4.98 Å². The Hall–Kier alpha value is -0.980. The van der Waals surface area contributed by atoms with Crippen molar-refractivity contribution in [1.82, 2.24) is 4.98 Å². The van der Waals surface area contributed by atoms with Crippen molar-refractivity contribution in [2.45, 2.75) is 19.1 Å². The van der Waals surface area contributed by atoms with Crippen molar-refractivity contribution in [3.63, 3.8) is 0 Å². The minimum absolute atomic E-state index is 0.175. The van der Waals surface area contributed by atoms with E-state index in [4.69, 9.17) is 5.73 Å². The number of anilines is 2. The summed E-state index contributed by atoms with van der Waals surface area (Å²) in [5, 5.41) is 2.27. The van der Waals surface area contributed by atoms with Crippen LogP contribution in [0.25, 0.3) is 0 Å². The summed E-state index contributed by atoms with van der Waals surface area (Å²) in [6.07, 6.45) is -3.02. The number of halogens is 4. The van der Waals surface area contributed by atoms with Crippen LogP contribution < -0.4 is 11.1 Å².